The first-order valence-corrected chi connectivity index (χ1v) is 39.1. The normalized spacial score (nSPS) is 27.5. The van der Waals surface area contributed by atoms with Crippen LogP contribution in [0.5, 0.6) is 0 Å². The SMILES string of the molecule is CC[C@H]1CC(=O)[C@@H]([C@H](O[Si](C)(C)C(C)(C)C)[C@H](C)CCN2CCCC(=O)C2)N(C)C(=O)[C@@H](C(C)C)N(C)C(=O)[C@@H](CC(C)C)N(C)C(=O)C(C(C)C)N(C)C(=O)[C@H](C)NC(=O)[C@@H](C)CC(=O)[C@@H](CC(C)C)N(C)C(=O)[C@@H](C(C)C)CC(=O)[C@H](CC(C)C)N(C)C(=O)[C@@H](C)N(C)C1=O. The van der Waals surface area contributed by atoms with E-state index in [2.05, 4.69) is 44.1 Å². The van der Waals surface area contributed by atoms with Gasteiger partial charge in [-0.05, 0) is 125 Å². The van der Waals surface area contributed by atoms with Crippen LogP contribution in [0, 0.1) is 59.2 Å². The van der Waals surface area contributed by atoms with Crippen molar-refractivity contribution in [1.82, 2.24) is 44.5 Å². The number of hydrogen-bond acceptors (Lipinski definition) is 14. The van der Waals surface area contributed by atoms with Crippen LogP contribution in [0.1, 0.15) is 203 Å². The standard InChI is InChI=1S/C74H133N9O13Si/c1-30-53-40-61(87)64(65(96-97(28,29)74(18,19)20)49(14)33-35-83-34-31-32-54(84)42-83)82(27)73(95)63(48(12)13)81(26)71(93)58(38-45(6)7)79(24)72(94)62(47(10)11)80(25)67(89)51(16)75-66(88)50(15)39-59(85)56(36-43(2)3)78(23)70(92)55(46(8)9)41-60(86)57(37-44(4)5)77(22)68(90)52(17)76(21)69(53)91/h43-53,55-58,62-65H,30-42H2,1-29H3,(H,75,88)/t49-,50+,51+,52-,53+,55-,56-,57+,58-,62?,63-,64+,65-/m1/s1. The molecule has 0 radical (unpaired) electrons. The van der Waals surface area contributed by atoms with Crippen molar-refractivity contribution in [3.8, 4) is 0 Å². The fourth-order valence-corrected chi connectivity index (χ4v) is 15.0. The largest absolute Gasteiger partial charge is 0.411 e. The number of nitrogens with zero attached hydrogens (tertiary/aromatic N) is 8. The molecule has 8 amide bonds. The highest BCUT2D eigenvalue weighted by atomic mass is 28.4. The highest BCUT2D eigenvalue weighted by Gasteiger charge is 2.50. The van der Waals surface area contributed by atoms with E-state index in [0.717, 1.165) is 6.42 Å². The first-order valence-electron chi connectivity index (χ1n) is 36.2. The van der Waals surface area contributed by atoms with Gasteiger partial charge in [-0.1, -0.05) is 125 Å². The van der Waals surface area contributed by atoms with Gasteiger partial charge in [-0.25, -0.2) is 0 Å². The van der Waals surface area contributed by atoms with Crippen LogP contribution in [0.15, 0.2) is 0 Å². The molecule has 2 rings (SSSR count). The molecule has 13 atom stereocenters. The second-order valence-corrected chi connectivity index (χ2v) is 37.5. The van der Waals surface area contributed by atoms with Gasteiger partial charge in [0.1, 0.15) is 42.0 Å². The van der Waals surface area contributed by atoms with Crippen LogP contribution in [0.2, 0.25) is 18.1 Å². The van der Waals surface area contributed by atoms with E-state index in [9.17, 15) is 33.6 Å². The molecule has 0 aliphatic carbocycles. The fourth-order valence-electron chi connectivity index (χ4n) is 13.6. The molecule has 2 saturated heterocycles. The van der Waals surface area contributed by atoms with Crippen LogP contribution in [0.4, 0.5) is 0 Å². The maximum absolute atomic E-state index is 16.0. The molecule has 2 heterocycles. The van der Waals surface area contributed by atoms with E-state index in [-0.39, 0.29) is 79.3 Å². The summed E-state index contributed by atoms with van der Waals surface area (Å²) in [6.45, 7) is 42.6. The number of hydrogen-bond donors (Lipinski definition) is 1. The molecule has 0 aromatic heterocycles. The number of amides is 8. The molecule has 2 aliphatic rings. The first kappa shape index (κ1) is 87.7. The Morgan fingerprint density at radius 2 is 0.948 bits per heavy atom. The number of ketones is 4. The molecule has 22 nitrogen and oxygen atoms in total. The summed E-state index contributed by atoms with van der Waals surface area (Å²) in [6, 6.07) is -9.18. The first-order chi connectivity index (χ1) is 44.5. The zero-order valence-corrected chi connectivity index (χ0v) is 66.5. The minimum atomic E-state index is -2.86. The Kier molecular flexibility index (Phi) is 34.2. The lowest BCUT2D eigenvalue weighted by Crippen LogP contribution is -2.63. The van der Waals surface area contributed by atoms with Crippen LogP contribution >= 0.6 is 0 Å². The molecule has 0 bridgehead atoms. The van der Waals surface area contributed by atoms with Crippen molar-refractivity contribution in [2.45, 2.75) is 275 Å². The quantitative estimate of drug-likeness (QED) is 0.134. The van der Waals surface area contributed by atoms with Crippen molar-refractivity contribution in [2.75, 3.05) is 69.0 Å². The van der Waals surface area contributed by atoms with Gasteiger partial charge < -0.3 is 44.0 Å². The molecule has 1 unspecified atom stereocenters. The summed E-state index contributed by atoms with van der Waals surface area (Å²) in [6.07, 6.45) is 0.610. The summed E-state index contributed by atoms with van der Waals surface area (Å²) >= 11 is 0. The molecule has 1 N–H and O–H groups in total. The third kappa shape index (κ3) is 23.6. The number of Topliss-reactive ketones (excluding diaryl/α,β-unsaturated/α-hetero) is 4. The summed E-state index contributed by atoms with van der Waals surface area (Å²) in [7, 11) is 7.71. The Balaban J connectivity index is 3.17. The summed E-state index contributed by atoms with van der Waals surface area (Å²) < 4.78 is 7.43. The lowest BCUT2D eigenvalue weighted by atomic mass is 9.84. The Labute approximate surface area is 586 Å². The van der Waals surface area contributed by atoms with Crippen molar-refractivity contribution in [3.05, 3.63) is 0 Å². The van der Waals surface area contributed by atoms with Gasteiger partial charge in [0, 0.05) is 92.8 Å². The summed E-state index contributed by atoms with van der Waals surface area (Å²) in [5.74, 6) is -10.7. The van der Waals surface area contributed by atoms with Gasteiger partial charge in [-0.15, -0.1) is 0 Å². The molecular weight excluding hydrogens is 1250 g/mol. The van der Waals surface area contributed by atoms with Crippen molar-refractivity contribution in [3.63, 3.8) is 0 Å². The smallest absolute Gasteiger partial charge is 0.246 e. The van der Waals surface area contributed by atoms with Crippen LogP contribution in [-0.2, 0) is 62.0 Å². The second kappa shape index (κ2) is 37.8. The van der Waals surface area contributed by atoms with E-state index in [1.165, 1.54) is 90.6 Å². The van der Waals surface area contributed by atoms with Gasteiger partial charge in [0.15, 0.2) is 25.7 Å². The predicted octanol–water partition coefficient (Wildman–Crippen LogP) is 8.66. The average Bonchev–Trinajstić information content (AvgIpc) is 0.788. The molecule has 2 fully saturated rings. The van der Waals surface area contributed by atoms with E-state index < -0.39 is 163 Å². The van der Waals surface area contributed by atoms with Crippen molar-refractivity contribution < 1.29 is 62.0 Å². The summed E-state index contributed by atoms with van der Waals surface area (Å²) in [5.41, 5.74) is 0. The number of carbonyl (C=O) groups is 12. The zero-order valence-electron chi connectivity index (χ0n) is 65.5. The Morgan fingerprint density at radius 3 is 1.40 bits per heavy atom. The van der Waals surface area contributed by atoms with Crippen molar-refractivity contribution >= 4 is 78.7 Å². The number of nitrogens with one attached hydrogen (secondary N) is 1. The Hall–Kier alpha value is -5.42. The van der Waals surface area contributed by atoms with Crippen molar-refractivity contribution in [2.24, 2.45) is 59.2 Å². The molecule has 97 heavy (non-hydrogen) atoms. The monoisotopic (exact) mass is 1380 g/mol. The van der Waals surface area contributed by atoms with Gasteiger partial charge in [0.25, 0.3) is 0 Å². The van der Waals surface area contributed by atoms with Gasteiger partial charge in [-0.2, -0.15) is 0 Å². The highest BCUT2D eigenvalue weighted by molar-refractivity contribution is 6.74. The summed E-state index contributed by atoms with van der Waals surface area (Å²) in [5, 5.41) is 2.38. The van der Waals surface area contributed by atoms with E-state index >= 15 is 24.0 Å². The van der Waals surface area contributed by atoms with Crippen molar-refractivity contribution in [1.29, 1.82) is 0 Å². The minimum Gasteiger partial charge on any atom is -0.411 e. The average molecular weight is 1390 g/mol. The van der Waals surface area contributed by atoms with Crippen LogP contribution in [0.25, 0.3) is 0 Å². The number of carbonyl (C=O) groups excluding carboxylic acids is 12. The lowest BCUT2D eigenvalue weighted by Gasteiger charge is -2.46. The Morgan fingerprint density at radius 1 is 0.505 bits per heavy atom. The Bertz CT molecular complexity index is 2730. The maximum atomic E-state index is 16.0. The predicted molar refractivity (Wildman–Crippen MR) is 384 cm³/mol. The van der Waals surface area contributed by atoms with Gasteiger partial charge in [0.05, 0.1) is 24.7 Å². The number of piperidine rings is 1. The van der Waals surface area contributed by atoms with Crippen LogP contribution in [-0.4, -0.2) is 241 Å². The second-order valence-electron chi connectivity index (χ2n) is 32.7. The van der Waals surface area contributed by atoms with E-state index in [1.54, 1.807) is 48.5 Å². The number of rotatable bonds is 17. The molecule has 0 aromatic rings. The van der Waals surface area contributed by atoms with Gasteiger partial charge in [-0.3, -0.25) is 62.4 Å². The lowest BCUT2D eigenvalue weighted by molar-refractivity contribution is -0.157. The third-order valence-electron chi connectivity index (χ3n) is 21.1. The van der Waals surface area contributed by atoms with Crippen LogP contribution in [0.3, 0.4) is 0 Å². The third-order valence-corrected chi connectivity index (χ3v) is 25.6. The highest BCUT2D eigenvalue weighted by Crippen LogP contribution is 2.40. The summed E-state index contributed by atoms with van der Waals surface area (Å²) in [4.78, 5) is 190. The van der Waals surface area contributed by atoms with E-state index in [0.29, 0.717) is 32.5 Å². The van der Waals surface area contributed by atoms with E-state index in [4.69, 9.17) is 4.43 Å². The molecular formula is C74H133N9O13Si. The fraction of sp³-hybridized carbons (Fsp3) is 0.838. The topological polar surface area (TPSA) is 252 Å². The molecule has 0 spiro atoms. The number of likely N-dealkylation sites (tertiary alicyclic amines) is 1. The van der Waals surface area contributed by atoms with Gasteiger partial charge in [0.2, 0.25) is 47.3 Å². The molecule has 23 heteroatoms. The number of likely N-dealkylation sites (N-methyl/N-ethyl adjacent to an activating group) is 7. The molecule has 556 valence electrons. The van der Waals surface area contributed by atoms with E-state index in [1.807, 2.05) is 62.3 Å². The maximum Gasteiger partial charge on any atom is 0.246 e. The molecule has 0 saturated carbocycles. The molecule has 0 aromatic carbocycles. The minimum absolute atomic E-state index is 0.0740. The molecule has 2 aliphatic heterocycles. The van der Waals surface area contributed by atoms with Crippen LogP contribution < -0.4 is 5.32 Å². The van der Waals surface area contributed by atoms with Gasteiger partial charge >= 0.3 is 0 Å². The zero-order chi connectivity index (χ0) is 75.1.